The first-order chi connectivity index (χ1) is 44.8. The van der Waals surface area contributed by atoms with E-state index in [1.54, 1.807) is 0 Å². The third kappa shape index (κ3) is 22.0. The molecule has 28 heteroatoms. The maximum Gasteiger partial charge on any atom is 0.337 e. The number of benzene rings is 5. The average molecular weight is 1290 g/mol. The third-order valence-electron chi connectivity index (χ3n) is 14.7. The molecule has 0 bridgehead atoms. The Hall–Kier alpha value is -10.2. The van der Waals surface area contributed by atoms with Gasteiger partial charge >= 0.3 is 5.97 Å². The summed E-state index contributed by atoms with van der Waals surface area (Å²) in [5, 5.41) is 22.1. The predicted octanol–water partition coefficient (Wildman–Crippen LogP) is 4.07. The minimum atomic E-state index is -1.20. The van der Waals surface area contributed by atoms with Crippen LogP contribution in [-0.4, -0.2) is 145 Å². The maximum atomic E-state index is 14.4. The van der Waals surface area contributed by atoms with E-state index in [-0.39, 0.29) is 105 Å². The van der Waals surface area contributed by atoms with Gasteiger partial charge in [-0.15, -0.1) is 0 Å². The van der Waals surface area contributed by atoms with Crippen molar-refractivity contribution in [1.29, 1.82) is 0 Å². The van der Waals surface area contributed by atoms with E-state index >= 15 is 0 Å². The number of carbonyl (C=O) groups excluding carboxylic acids is 10. The van der Waals surface area contributed by atoms with Crippen LogP contribution in [0.4, 0.5) is 22.7 Å². The van der Waals surface area contributed by atoms with Crippen LogP contribution < -0.4 is 90.2 Å². The Labute approximate surface area is 539 Å². The van der Waals surface area contributed by atoms with Crippen LogP contribution >= 0.6 is 0 Å². The van der Waals surface area contributed by atoms with Gasteiger partial charge in [0.2, 0.25) is 23.6 Å². The summed E-state index contributed by atoms with van der Waals surface area (Å²) in [5.74, 6) is -6.44. The lowest BCUT2D eigenvalue weighted by Crippen LogP contribution is -2.44. The molecular formula is C65H85N13O15. The normalized spacial score (nSPS) is 12.1. The number of nitrogens with one attached hydrogen (secondary N) is 8. The first-order valence-corrected chi connectivity index (χ1v) is 30.2. The Kier molecular flexibility index (Phi) is 30.0. The molecule has 0 fully saturated rings. The van der Waals surface area contributed by atoms with Crippen LogP contribution in [-0.2, 0) is 23.9 Å². The summed E-state index contributed by atoms with van der Waals surface area (Å²) in [5.41, 5.74) is 29.3. The molecule has 0 spiro atoms. The second kappa shape index (κ2) is 37.9. The molecule has 0 saturated carbocycles. The molecule has 0 radical (unpaired) electrons. The molecule has 500 valence electrons. The molecule has 5 aromatic carbocycles. The van der Waals surface area contributed by atoms with Gasteiger partial charge in [0.25, 0.3) is 29.5 Å². The van der Waals surface area contributed by atoms with E-state index in [0.29, 0.717) is 77.5 Å². The number of nitrogens with two attached hydrogens (primary N) is 5. The molecule has 0 unspecified atom stereocenters. The van der Waals surface area contributed by atoms with Gasteiger partial charge in [0.1, 0.15) is 47.2 Å². The van der Waals surface area contributed by atoms with Crippen molar-refractivity contribution in [2.45, 2.75) is 101 Å². The van der Waals surface area contributed by atoms with Crippen LogP contribution in [0.25, 0.3) is 0 Å². The van der Waals surface area contributed by atoms with Gasteiger partial charge in [-0.1, -0.05) is 6.07 Å². The molecule has 0 aliphatic carbocycles. The number of ether oxygens (including phenoxy) is 5. The lowest BCUT2D eigenvalue weighted by Gasteiger charge is -2.22. The van der Waals surface area contributed by atoms with Gasteiger partial charge in [-0.3, -0.25) is 43.2 Å². The van der Waals surface area contributed by atoms with Crippen molar-refractivity contribution in [1.82, 2.24) is 21.3 Å². The smallest absolute Gasteiger partial charge is 0.337 e. The summed E-state index contributed by atoms with van der Waals surface area (Å²) in [6, 6.07) is 18.4. The van der Waals surface area contributed by atoms with E-state index in [2.05, 4.69) is 42.5 Å². The van der Waals surface area contributed by atoms with Crippen LogP contribution in [0, 0.1) is 0 Å². The van der Waals surface area contributed by atoms with Crippen LogP contribution in [0.5, 0.6) is 23.0 Å². The minimum Gasteiger partial charge on any atom is -0.496 e. The molecule has 9 amide bonds. The third-order valence-corrected chi connectivity index (χ3v) is 14.7. The van der Waals surface area contributed by atoms with Crippen molar-refractivity contribution in [3.63, 3.8) is 0 Å². The molecule has 0 aliphatic rings. The molecule has 0 aliphatic heterocycles. The van der Waals surface area contributed by atoms with E-state index in [1.807, 2.05) is 0 Å². The molecule has 5 rings (SSSR count). The zero-order valence-corrected chi connectivity index (χ0v) is 52.9. The van der Waals surface area contributed by atoms with Gasteiger partial charge in [-0.05, 0) is 194 Å². The van der Waals surface area contributed by atoms with Gasteiger partial charge in [-0.2, -0.15) is 0 Å². The predicted molar refractivity (Wildman–Crippen MR) is 349 cm³/mol. The first kappa shape index (κ1) is 73.6. The number of hydrogen-bond donors (Lipinski definition) is 13. The van der Waals surface area contributed by atoms with Crippen LogP contribution in [0.15, 0.2) is 97.1 Å². The lowest BCUT2D eigenvalue weighted by atomic mass is 10.0. The lowest BCUT2D eigenvalue weighted by molar-refractivity contribution is -0.118. The quantitative estimate of drug-likeness (QED) is 0.0196. The molecule has 0 saturated heterocycles. The molecule has 4 atom stereocenters. The van der Waals surface area contributed by atoms with Gasteiger partial charge in [0, 0.05) is 28.3 Å². The Balaban J connectivity index is 1.33. The summed E-state index contributed by atoms with van der Waals surface area (Å²) < 4.78 is 26.6. The number of anilines is 4. The Morgan fingerprint density at radius 1 is 0.355 bits per heavy atom. The summed E-state index contributed by atoms with van der Waals surface area (Å²) >= 11 is 0. The number of amides is 9. The summed E-state index contributed by atoms with van der Waals surface area (Å²) in [6.07, 6.45) is 4.44. The highest BCUT2D eigenvalue weighted by atomic mass is 16.5. The molecule has 18 N–H and O–H groups in total. The highest BCUT2D eigenvalue weighted by Crippen LogP contribution is 2.28. The minimum absolute atomic E-state index is 0.0245. The number of unbranched alkanes of at least 4 members (excludes halogenated alkanes) is 4. The highest BCUT2D eigenvalue weighted by molar-refractivity contribution is 6.08. The number of carbonyl (C=O) groups is 10. The monoisotopic (exact) mass is 1290 g/mol. The summed E-state index contributed by atoms with van der Waals surface area (Å²) in [7, 11) is 6.59. The van der Waals surface area contributed by atoms with E-state index in [4.69, 9.17) is 52.4 Å². The van der Waals surface area contributed by atoms with Crippen LogP contribution in [0.2, 0.25) is 0 Å². The van der Waals surface area contributed by atoms with Gasteiger partial charge < -0.3 is 94.9 Å². The summed E-state index contributed by atoms with van der Waals surface area (Å²) in [6.45, 7) is 1.26. The maximum absolute atomic E-state index is 14.4. The first-order valence-electron chi connectivity index (χ1n) is 30.2. The number of methoxy groups -OCH3 is 5. The number of esters is 1. The molecular weight excluding hydrogens is 1200 g/mol. The van der Waals surface area contributed by atoms with Crippen molar-refractivity contribution in [2.75, 3.05) is 83.0 Å². The fourth-order valence-corrected chi connectivity index (χ4v) is 9.69. The van der Waals surface area contributed by atoms with Crippen molar-refractivity contribution in [3.8, 4) is 23.0 Å². The topological polar surface area (TPSA) is 443 Å². The highest BCUT2D eigenvalue weighted by Gasteiger charge is 2.30. The summed E-state index contributed by atoms with van der Waals surface area (Å²) in [4.78, 5) is 137. The number of hydrogen-bond acceptors (Lipinski definition) is 19. The standard InChI is InChI=1S/C65H85N13O15/c1-89-52-25-21-40(34-44(52)56(70)79)71-62(85)49(18-7-11-30-67)76-58(81)46-36-42(23-27-54(46)91-3)73-64(87)51(20-9-13-32-69)78-60(83)47-37-43(24-28-55(47)92-4)74-63(86)50(19-8-12-31-68)77-59(82)45-35-41(22-26-53(45)90-2)72-61(84)48(17-6-10-29-66)75-57(80)38-15-14-16-39(33-38)65(88)93-5/h14-16,21-28,33-37,48-51H,6-13,17-20,29-32,66-69H2,1-5H3,(H2,70,79)(H,71,85)(H,72,84)(H,73,87)(H,74,86)(H,75,80)(H,76,81)(H,77,82)(H,78,83)/t48-,49-,50-,51-/m0/s1. The van der Waals surface area contributed by atoms with Gasteiger partial charge in [-0.25, -0.2) is 4.79 Å². The zero-order chi connectivity index (χ0) is 68.0. The van der Waals surface area contributed by atoms with Gasteiger partial charge in [0.05, 0.1) is 63.4 Å². The fourth-order valence-electron chi connectivity index (χ4n) is 9.69. The van der Waals surface area contributed by atoms with Crippen molar-refractivity contribution >= 4 is 81.9 Å². The molecule has 28 nitrogen and oxygen atoms in total. The Morgan fingerprint density at radius 2 is 0.634 bits per heavy atom. The van der Waals surface area contributed by atoms with E-state index in [0.717, 1.165) is 0 Å². The van der Waals surface area contributed by atoms with E-state index in [1.165, 1.54) is 133 Å². The Bertz CT molecular complexity index is 3440. The largest absolute Gasteiger partial charge is 0.496 e. The van der Waals surface area contributed by atoms with Crippen molar-refractivity contribution < 1.29 is 71.6 Å². The molecule has 0 aromatic heterocycles. The second-order valence-electron chi connectivity index (χ2n) is 21.3. The van der Waals surface area contributed by atoms with E-state index in [9.17, 15) is 47.9 Å². The molecule has 0 heterocycles. The van der Waals surface area contributed by atoms with Gasteiger partial charge in [0.15, 0.2) is 0 Å². The molecule has 93 heavy (non-hydrogen) atoms. The fraction of sp³-hybridized carbons (Fsp3) is 0.385. The van der Waals surface area contributed by atoms with Crippen LogP contribution in [0.3, 0.4) is 0 Å². The zero-order valence-electron chi connectivity index (χ0n) is 52.9. The van der Waals surface area contributed by atoms with Crippen molar-refractivity contribution in [3.05, 3.63) is 130 Å². The number of rotatable bonds is 38. The van der Waals surface area contributed by atoms with E-state index < -0.39 is 83.3 Å². The average Bonchev–Trinajstić information content (AvgIpc) is 1.05. The number of primary amides is 1. The second-order valence-corrected chi connectivity index (χ2v) is 21.3. The van der Waals surface area contributed by atoms with Crippen LogP contribution in [0.1, 0.15) is 139 Å². The Morgan fingerprint density at radius 3 is 0.914 bits per heavy atom. The van der Waals surface area contributed by atoms with Crippen molar-refractivity contribution in [2.24, 2.45) is 28.7 Å². The SMILES string of the molecule is COC(=O)c1cccc(C(=O)N[C@@H](CCCCN)C(=O)Nc2ccc(OC)c(C(=O)N[C@@H](CCCCN)C(=O)Nc3ccc(OC)c(C(=O)N[C@@H](CCCCN)C(=O)Nc4ccc(OC)c(C(=O)N[C@@H](CCCCN)C(=O)Nc5ccc(OC)c(C(N)=O)c5)c4)c3)c2)c1. The molecule has 5 aromatic rings.